The Morgan fingerprint density at radius 1 is 1.06 bits per heavy atom. The highest BCUT2D eigenvalue weighted by Gasteiger charge is 2.49. The fourth-order valence-electron chi connectivity index (χ4n) is 6.11. The Hall–Kier alpha value is -3.19. The zero-order chi connectivity index (χ0) is 23.7. The van der Waals surface area contributed by atoms with Gasteiger partial charge in [-0.25, -0.2) is 0 Å². The lowest BCUT2D eigenvalue weighted by molar-refractivity contribution is -0.126. The molecule has 0 unspecified atom stereocenters. The van der Waals surface area contributed by atoms with E-state index in [0.29, 0.717) is 29.5 Å². The number of aliphatic hydroxyl groups excluding tert-OH is 1. The van der Waals surface area contributed by atoms with Gasteiger partial charge in [0.25, 0.3) is 5.91 Å². The Labute approximate surface area is 199 Å². The lowest BCUT2D eigenvalue weighted by Crippen LogP contribution is -2.52. The molecule has 5 atom stereocenters. The highest BCUT2D eigenvalue weighted by molar-refractivity contribution is 6.05. The van der Waals surface area contributed by atoms with Gasteiger partial charge in [0.1, 0.15) is 13.2 Å². The Balaban J connectivity index is 1.34. The van der Waals surface area contributed by atoms with Gasteiger partial charge in [-0.15, -0.1) is 0 Å². The smallest absolute Gasteiger partial charge is 0.254 e. The van der Waals surface area contributed by atoms with Crippen LogP contribution in [0.2, 0.25) is 0 Å². The van der Waals surface area contributed by atoms with Crippen LogP contribution >= 0.6 is 0 Å². The topological polar surface area (TPSA) is 91.2 Å². The average molecular weight is 462 g/mol. The lowest BCUT2D eigenvalue weighted by atomic mass is 9.85. The van der Waals surface area contributed by atoms with Gasteiger partial charge in [-0.1, -0.05) is 47.6 Å². The van der Waals surface area contributed by atoms with Gasteiger partial charge in [-0.3, -0.25) is 9.59 Å². The fraction of sp³-hybridized carbons (Fsp3) is 0.444. The van der Waals surface area contributed by atoms with E-state index in [0.717, 1.165) is 30.4 Å². The van der Waals surface area contributed by atoms with Gasteiger partial charge in [-0.2, -0.15) is 0 Å². The van der Waals surface area contributed by atoms with E-state index in [2.05, 4.69) is 10.5 Å². The summed E-state index contributed by atoms with van der Waals surface area (Å²) in [5.41, 5.74) is 3.31. The first-order valence-corrected chi connectivity index (χ1v) is 12.1. The minimum Gasteiger partial charge on any atom is -0.399 e. The number of fused-ring (bicyclic) bond motifs is 2. The number of amides is 2. The summed E-state index contributed by atoms with van der Waals surface area (Å²) < 4.78 is 0. The van der Waals surface area contributed by atoms with E-state index >= 15 is 0 Å². The third-order valence-corrected chi connectivity index (χ3v) is 7.79. The monoisotopic (exact) mass is 461 g/mol. The summed E-state index contributed by atoms with van der Waals surface area (Å²) in [4.78, 5) is 33.4. The summed E-state index contributed by atoms with van der Waals surface area (Å²) in [7, 11) is 1.47. The first kappa shape index (κ1) is 22.6. The third-order valence-electron chi connectivity index (χ3n) is 7.79. The first-order chi connectivity index (χ1) is 16.6. The van der Waals surface area contributed by atoms with E-state index in [-0.39, 0.29) is 36.9 Å². The molecule has 2 aliphatic carbocycles. The van der Waals surface area contributed by atoms with Gasteiger partial charge in [0.05, 0.1) is 12.3 Å². The van der Waals surface area contributed by atoms with E-state index in [4.69, 9.17) is 4.84 Å². The number of carbonyl (C=O) groups is 2. The van der Waals surface area contributed by atoms with Crippen molar-refractivity contribution in [3.8, 4) is 11.1 Å². The van der Waals surface area contributed by atoms with Gasteiger partial charge < -0.3 is 20.2 Å². The van der Waals surface area contributed by atoms with E-state index in [1.807, 2.05) is 54.6 Å². The predicted octanol–water partition coefficient (Wildman–Crippen LogP) is 3.09. The lowest BCUT2D eigenvalue weighted by Gasteiger charge is -2.32. The SMILES string of the molecule is CON=C1C[C@@H](C(=O)N[C@@H]2[C@H]3CC[C@H](C3)[C@@H]2CO)N(C(=O)c2ccc(-c3ccccc3)cc2)C1. The second-order valence-corrected chi connectivity index (χ2v) is 9.65. The van der Waals surface area contributed by atoms with Crippen molar-refractivity contribution in [3.63, 3.8) is 0 Å². The van der Waals surface area contributed by atoms with Crippen molar-refractivity contribution in [2.24, 2.45) is 22.9 Å². The molecule has 2 aromatic carbocycles. The number of likely N-dealkylation sites (tertiary alicyclic amines) is 1. The van der Waals surface area contributed by atoms with Crippen molar-refractivity contribution in [1.82, 2.24) is 10.2 Å². The van der Waals surface area contributed by atoms with E-state index in [9.17, 15) is 14.7 Å². The maximum Gasteiger partial charge on any atom is 0.254 e. The van der Waals surface area contributed by atoms with Crippen molar-refractivity contribution in [2.45, 2.75) is 37.8 Å². The quantitative estimate of drug-likeness (QED) is 0.647. The zero-order valence-electron chi connectivity index (χ0n) is 19.4. The standard InChI is InChI=1S/C27H31N3O4/c1-34-29-22-14-24(26(32)28-25-21-12-11-20(13-21)23(25)16-31)30(15-22)27(33)19-9-7-18(8-10-19)17-5-3-2-4-6-17/h2-10,20-21,23-25,31H,11-16H2,1H3,(H,28,32)/t20-,21+,23+,24+,25-/m1/s1. The number of aliphatic hydroxyl groups is 1. The molecule has 2 amide bonds. The molecule has 3 aliphatic rings. The van der Waals surface area contributed by atoms with Crippen LogP contribution < -0.4 is 5.32 Å². The Morgan fingerprint density at radius 2 is 1.76 bits per heavy atom. The predicted molar refractivity (Wildman–Crippen MR) is 129 cm³/mol. The molecule has 1 saturated heterocycles. The second kappa shape index (κ2) is 9.58. The minimum atomic E-state index is -0.645. The largest absolute Gasteiger partial charge is 0.399 e. The summed E-state index contributed by atoms with van der Waals surface area (Å²) >= 11 is 0. The van der Waals surface area contributed by atoms with Crippen LogP contribution in [0.15, 0.2) is 59.8 Å². The van der Waals surface area contributed by atoms with Crippen LogP contribution in [-0.2, 0) is 9.63 Å². The maximum absolute atomic E-state index is 13.5. The molecule has 2 saturated carbocycles. The molecule has 7 nitrogen and oxygen atoms in total. The van der Waals surface area contributed by atoms with Crippen LogP contribution in [0.25, 0.3) is 11.1 Å². The normalized spacial score (nSPS) is 28.9. The van der Waals surface area contributed by atoms with Gasteiger partial charge >= 0.3 is 0 Å². The number of benzene rings is 2. The van der Waals surface area contributed by atoms with Gasteiger partial charge in [0.2, 0.25) is 5.91 Å². The first-order valence-electron chi connectivity index (χ1n) is 12.1. The molecular formula is C27H31N3O4. The van der Waals surface area contributed by atoms with Crippen LogP contribution in [0.1, 0.15) is 36.0 Å². The van der Waals surface area contributed by atoms with Crippen molar-refractivity contribution >= 4 is 17.5 Å². The molecule has 34 heavy (non-hydrogen) atoms. The number of rotatable bonds is 6. The second-order valence-electron chi connectivity index (χ2n) is 9.65. The highest BCUT2D eigenvalue weighted by Crippen LogP contribution is 2.48. The van der Waals surface area contributed by atoms with Crippen LogP contribution in [-0.4, -0.2) is 59.9 Å². The molecule has 2 N–H and O–H groups in total. The zero-order valence-corrected chi connectivity index (χ0v) is 19.4. The Kier molecular flexibility index (Phi) is 6.37. The van der Waals surface area contributed by atoms with Crippen molar-refractivity contribution in [3.05, 3.63) is 60.2 Å². The molecule has 7 heteroatoms. The van der Waals surface area contributed by atoms with Crippen LogP contribution in [0.3, 0.4) is 0 Å². The molecule has 1 aliphatic heterocycles. The highest BCUT2D eigenvalue weighted by atomic mass is 16.6. The maximum atomic E-state index is 13.5. The summed E-state index contributed by atoms with van der Waals surface area (Å²) in [6.07, 6.45) is 3.62. The summed E-state index contributed by atoms with van der Waals surface area (Å²) in [5.74, 6) is 0.620. The van der Waals surface area contributed by atoms with E-state index in [1.165, 1.54) is 7.11 Å². The molecule has 1 heterocycles. The minimum absolute atomic E-state index is 0.0261. The molecule has 0 spiro atoms. The Bertz CT molecular complexity index is 1070. The Morgan fingerprint density at radius 3 is 2.47 bits per heavy atom. The molecule has 0 radical (unpaired) electrons. The number of hydrogen-bond donors (Lipinski definition) is 2. The van der Waals surface area contributed by atoms with Gasteiger partial charge in [-0.05, 0) is 54.4 Å². The number of carbonyl (C=O) groups excluding carboxylic acids is 2. The fourth-order valence-corrected chi connectivity index (χ4v) is 6.11. The average Bonchev–Trinajstić information content (AvgIpc) is 3.59. The number of hydrogen-bond acceptors (Lipinski definition) is 5. The molecular weight excluding hydrogens is 430 g/mol. The van der Waals surface area contributed by atoms with Crippen molar-refractivity contribution in [2.75, 3.05) is 20.3 Å². The number of nitrogens with zero attached hydrogens (tertiary/aromatic N) is 2. The van der Waals surface area contributed by atoms with Gasteiger partial charge in [0, 0.05) is 30.6 Å². The molecule has 5 rings (SSSR count). The molecule has 3 fully saturated rings. The van der Waals surface area contributed by atoms with Crippen molar-refractivity contribution in [1.29, 1.82) is 0 Å². The molecule has 2 aromatic rings. The third kappa shape index (κ3) is 4.20. The van der Waals surface area contributed by atoms with E-state index < -0.39 is 6.04 Å². The summed E-state index contributed by atoms with van der Waals surface area (Å²) in [5, 5.41) is 17.1. The molecule has 2 bridgehead atoms. The molecule has 0 aromatic heterocycles. The summed E-state index contributed by atoms with van der Waals surface area (Å²) in [6.45, 7) is 0.342. The molecule has 178 valence electrons. The summed E-state index contributed by atoms with van der Waals surface area (Å²) in [6, 6.07) is 16.8. The van der Waals surface area contributed by atoms with Crippen molar-refractivity contribution < 1.29 is 19.5 Å². The van der Waals surface area contributed by atoms with Crippen LogP contribution in [0.5, 0.6) is 0 Å². The van der Waals surface area contributed by atoms with Crippen LogP contribution in [0, 0.1) is 17.8 Å². The number of oxime groups is 1. The van der Waals surface area contributed by atoms with Gasteiger partial charge in [0.15, 0.2) is 0 Å². The van der Waals surface area contributed by atoms with E-state index in [1.54, 1.807) is 4.90 Å². The van der Waals surface area contributed by atoms with Crippen LogP contribution in [0.4, 0.5) is 0 Å². The number of nitrogens with one attached hydrogen (secondary N) is 1.